The average Bonchev–Trinajstić information content (AvgIpc) is 2.28. The monoisotopic (exact) mass is 271 g/mol. The Kier molecular flexibility index (Phi) is 4.96. The number of hydrogen-bond donors (Lipinski definition) is 3. The summed E-state index contributed by atoms with van der Waals surface area (Å²) in [5.41, 5.74) is 6.66. The summed E-state index contributed by atoms with van der Waals surface area (Å²) in [4.78, 5) is 11.4. The van der Waals surface area contributed by atoms with Crippen molar-refractivity contribution >= 4 is 27.2 Å². The molecule has 7 heteroatoms. The summed E-state index contributed by atoms with van der Waals surface area (Å²) in [7, 11) is -3.06. The molecule has 1 aromatic carbocycles. The van der Waals surface area contributed by atoms with Crippen LogP contribution >= 0.6 is 0 Å². The van der Waals surface area contributed by atoms with Crippen LogP contribution in [0.5, 0.6) is 0 Å². The minimum atomic E-state index is -3.06. The van der Waals surface area contributed by atoms with Gasteiger partial charge in [0.2, 0.25) is 0 Å². The minimum Gasteiger partial charge on any atom is -0.399 e. The summed E-state index contributed by atoms with van der Waals surface area (Å²) in [6.45, 7) is 1.66. The topological polar surface area (TPSA) is 101 Å². The van der Waals surface area contributed by atoms with Crippen molar-refractivity contribution in [2.24, 2.45) is 0 Å². The molecule has 0 atom stereocenters. The van der Waals surface area contributed by atoms with Crippen molar-refractivity contribution in [3.63, 3.8) is 0 Å². The van der Waals surface area contributed by atoms with Crippen molar-refractivity contribution < 1.29 is 13.2 Å². The van der Waals surface area contributed by atoms with Gasteiger partial charge in [-0.3, -0.25) is 0 Å². The largest absolute Gasteiger partial charge is 0.399 e. The molecule has 2 amide bonds. The van der Waals surface area contributed by atoms with E-state index in [0.717, 1.165) is 0 Å². The molecule has 18 heavy (non-hydrogen) atoms. The maximum Gasteiger partial charge on any atom is 0.319 e. The van der Waals surface area contributed by atoms with Gasteiger partial charge in [-0.25, -0.2) is 13.2 Å². The highest BCUT2D eigenvalue weighted by molar-refractivity contribution is 7.91. The van der Waals surface area contributed by atoms with Crippen LogP contribution in [-0.4, -0.2) is 32.5 Å². The lowest BCUT2D eigenvalue weighted by Crippen LogP contribution is -2.33. The van der Waals surface area contributed by atoms with Crippen LogP contribution in [0.1, 0.15) is 6.92 Å². The van der Waals surface area contributed by atoms with E-state index in [1.165, 1.54) is 0 Å². The Balaban J connectivity index is 2.39. The molecule has 100 valence electrons. The van der Waals surface area contributed by atoms with E-state index in [9.17, 15) is 13.2 Å². The van der Waals surface area contributed by atoms with Crippen LogP contribution in [0.4, 0.5) is 16.2 Å². The van der Waals surface area contributed by atoms with Gasteiger partial charge in [0.25, 0.3) is 0 Å². The molecule has 0 radical (unpaired) electrons. The zero-order chi connectivity index (χ0) is 13.6. The Labute approximate surface area is 106 Å². The van der Waals surface area contributed by atoms with E-state index >= 15 is 0 Å². The summed E-state index contributed by atoms with van der Waals surface area (Å²) < 4.78 is 22.4. The van der Waals surface area contributed by atoms with Gasteiger partial charge in [-0.1, -0.05) is 13.0 Å². The molecule has 0 saturated heterocycles. The number of carbonyl (C=O) groups excluding carboxylic acids is 1. The normalized spacial score (nSPS) is 10.9. The molecule has 1 rings (SSSR count). The number of amides is 2. The number of nitrogens with one attached hydrogen (secondary N) is 2. The lowest BCUT2D eigenvalue weighted by atomic mass is 10.3. The first-order valence-corrected chi connectivity index (χ1v) is 7.36. The maximum atomic E-state index is 11.4. The van der Waals surface area contributed by atoms with Crippen molar-refractivity contribution in [2.45, 2.75) is 6.92 Å². The quantitative estimate of drug-likeness (QED) is 0.690. The average molecular weight is 271 g/mol. The second-order valence-electron chi connectivity index (χ2n) is 3.74. The molecule has 0 unspecified atom stereocenters. The van der Waals surface area contributed by atoms with Crippen molar-refractivity contribution in [2.75, 3.05) is 29.1 Å². The fourth-order valence-electron chi connectivity index (χ4n) is 1.26. The molecule has 0 aliphatic heterocycles. The summed E-state index contributed by atoms with van der Waals surface area (Å²) in [6.07, 6.45) is 0. The first-order valence-electron chi connectivity index (χ1n) is 5.54. The van der Waals surface area contributed by atoms with Gasteiger partial charge in [0, 0.05) is 23.7 Å². The molecular weight excluding hydrogens is 254 g/mol. The minimum absolute atomic E-state index is 0.0617. The van der Waals surface area contributed by atoms with E-state index in [2.05, 4.69) is 10.6 Å². The van der Waals surface area contributed by atoms with E-state index in [1.807, 2.05) is 0 Å². The fourth-order valence-corrected chi connectivity index (χ4v) is 1.96. The lowest BCUT2D eigenvalue weighted by Gasteiger charge is -2.07. The Morgan fingerprint density at radius 2 is 2.11 bits per heavy atom. The Morgan fingerprint density at radius 3 is 2.72 bits per heavy atom. The van der Waals surface area contributed by atoms with Gasteiger partial charge >= 0.3 is 6.03 Å². The summed E-state index contributed by atoms with van der Waals surface area (Å²) >= 11 is 0. The zero-order valence-corrected chi connectivity index (χ0v) is 11.0. The highest BCUT2D eigenvalue weighted by atomic mass is 32.2. The molecule has 1 aromatic rings. The number of sulfone groups is 1. The van der Waals surface area contributed by atoms with Crippen molar-refractivity contribution in [1.29, 1.82) is 0 Å². The van der Waals surface area contributed by atoms with E-state index in [-0.39, 0.29) is 18.1 Å². The fraction of sp³-hybridized carbons (Fsp3) is 0.364. The first kappa shape index (κ1) is 14.3. The number of nitrogen functional groups attached to an aromatic ring is 1. The van der Waals surface area contributed by atoms with E-state index in [1.54, 1.807) is 31.2 Å². The molecule has 0 saturated carbocycles. The summed E-state index contributed by atoms with van der Waals surface area (Å²) in [5.74, 6) is 0.0133. The predicted octanol–water partition coefficient (Wildman–Crippen LogP) is 0.825. The van der Waals surface area contributed by atoms with Crippen LogP contribution in [0, 0.1) is 0 Å². The maximum absolute atomic E-state index is 11.4. The second-order valence-corrected chi connectivity index (χ2v) is 6.22. The molecule has 0 fully saturated rings. The third-order valence-electron chi connectivity index (χ3n) is 2.28. The standard InChI is InChI=1S/C11H17N3O3S/c1-2-18(16,17)7-6-13-11(15)14-10-5-3-4-9(12)8-10/h3-5,8H,2,6-7,12H2,1H3,(H2,13,14,15). The third kappa shape index (κ3) is 5.05. The predicted molar refractivity (Wildman–Crippen MR) is 72.2 cm³/mol. The van der Waals surface area contributed by atoms with Crippen LogP contribution < -0.4 is 16.4 Å². The van der Waals surface area contributed by atoms with Crippen LogP contribution in [0.25, 0.3) is 0 Å². The molecule has 0 aromatic heterocycles. The zero-order valence-electron chi connectivity index (χ0n) is 10.1. The van der Waals surface area contributed by atoms with Gasteiger partial charge < -0.3 is 16.4 Å². The number of benzene rings is 1. The van der Waals surface area contributed by atoms with Crippen LogP contribution in [-0.2, 0) is 9.84 Å². The highest BCUT2D eigenvalue weighted by Gasteiger charge is 2.08. The van der Waals surface area contributed by atoms with Crippen molar-refractivity contribution in [1.82, 2.24) is 5.32 Å². The van der Waals surface area contributed by atoms with E-state index in [4.69, 9.17) is 5.73 Å². The van der Waals surface area contributed by atoms with Crippen molar-refractivity contribution in [3.8, 4) is 0 Å². The van der Waals surface area contributed by atoms with Gasteiger partial charge in [0.05, 0.1) is 5.75 Å². The van der Waals surface area contributed by atoms with Gasteiger partial charge in [-0.2, -0.15) is 0 Å². The summed E-state index contributed by atoms with van der Waals surface area (Å²) in [5, 5.41) is 5.03. The molecule has 0 heterocycles. The molecule has 0 spiro atoms. The molecule has 4 N–H and O–H groups in total. The first-order chi connectivity index (χ1) is 8.43. The van der Waals surface area contributed by atoms with E-state index in [0.29, 0.717) is 11.4 Å². The van der Waals surface area contributed by atoms with Gasteiger partial charge in [-0.05, 0) is 18.2 Å². The summed E-state index contributed by atoms with van der Waals surface area (Å²) in [6, 6.07) is 6.27. The number of carbonyl (C=O) groups is 1. The van der Waals surface area contributed by atoms with Crippen molar-refractivity contribution in [3.05, 3.63) is 24.3 Å². The Hall–Kier alpha value is -1.76. The van der Waals surface area contributed by atoms with Crippen LogP contribution in [0.15, 0.2) is 24.3 Å². The number of rotatable bonds is 5. The highest BCUT2D eigenvalue weighted by Crippen LogP contribution is 2.11. The Bertz CT molecular complexity index is 514. The second kappa shape index (κ2) is 6.25. The molecular formula is C11H17N3O3S. The number of urea groups is 1. The van der Waals surface area contributed by atoms with E-state index < -0.39 is 15.9 Å². The third-order valence-corrected chi connectivity index (χ3v) is 3.99. The Morgan fingerprint density at radius 1 is 1.39 bits per heavy atom. The number of hydrogen-bond acceptors (Lipinski definition) is 4. The molecule has 0 bridgehead atoms. The van der Waals surface area contributed by atoms with Gasteiger partial charge in [0.1, 0.15) is 0 Å². The number of anilines is 2. The van der Waals surface area contributed by atoms with Gasteiger partial charge in [-0.15, -0.1) is 0 Å². The van der Waals surface area contributed by atoms with Gasteiger partial charge in [0.15, 0.2) is 9.84 Å². The molecule has 6 nitrogen and oxygen atoms in total. The van der Waals surface area contributed by atoms with Crippen LogP contribution in [0.2, 0.25) is 0 Å². The van der Waals surface area contributed by atoms with Crippen LogP contribution in [0.3, 0.4) is 0 Å². The molecule has 0 aliphatic rings. The number of nitrogens with two attached hydrogens (primary N) is 1. The SMILES string of the molecule is CCS(=O)(=O)CCNC(=O)Nc1cccc(N)c1. The lowest BCUT2D eigenvalue weighted by molar-refractivity contribution is 0.252. The molecule has 0 aliphatic carbocycles. The smallest absolute Gasteiger partial charge is 0.319 e.